The minimum absolute atomic E-state index is 0.416. The highest BCUT2D eigenvalue weighted by molar-refractivity contribution is 7.71. The molecule has 5 nitrogen and oxygen atoms in total. The molecular formula is C16H20N4OS. The molecule has 2 heterocycles. The predicted molar refractivity (Wildman–Crippen MR) is 89.8 cm³/mol. The van der Waals surface area contributed by atoms with E-state index in [9.17, 15) is 0 Å². The summed E-state index contributed by atoms with van der Waals surface area (Å²) < 4.78 is 6.18. The van der Waals surface area contributed by atoms with E-state index in [4.69, 9.17) is 17.0 Å². The van der Waals surface area contributed by atoms with Crippen LogP contribution in [0, 0.1) is 4.64 Å². The monoisotopic (exact) mass is 316 g/mol. The van der Waals surface area contributed by atoms with Crippen LogP contribution in [0.4, 0.5) is 0 Å². The first-order valence-corrected chi connectivity index (χ1v) is 7.93. The van der Waals surface area contributed by atoms with Crippen LogP contribution in [-0.2, 0) is 0 Å². The van der Waals surface area contributed by atoms with Gasteiger partial charge in [-0.25, -0.2) is 9.97 Å². The second-order valence-corrected chi connectivity index (χ2v) is 5.92. The normalized spacial score (nSPS) is 16.8. The first-order chi connectivity index (χ1) is 10.7. The van der Waals surface area contributed by atoms with Gasteiger partial charge in [0, 0.05) is 44.3 Å². The molecule has 1 aromatic carbocycles. The predicted octanol–water partition coefficient (Wildman–Crippen LogP) is 1.99. The molecule has 0 bridgehead atoms. The van der Waals surface area contributed by atoms with E-state index in [1.807, 2.05) is 24.3 Å². The zero-order chi connectivity index (χ0) is 15.4. The molecule has 2 aromatic rings. The SMILES string of the molecule is CN1CCN(CCOc2ncc3ccccc3nc2=S)CC1. The Labute approximate surface area is 135 Å². The van der Waals surface area contributed by atoms with Crippen molar-refractivity contribution in [3.63, 3.8) is 0 Å². The molecule has 3 rings (SSSR count). The van der Waals surface area contributed by atoms with Gasteiger partial charge >= 0.3 is 0 Å². The van der Waals surface area contributed by atoms with Crippen molar-refractivity contribution in [3.8, 4) is 5.88 Å². The summed E-state index contributed by atoms with van der Waals surface area (Å²) in [5.74, 6) is 0.445. The summed E-state index contributed by atoms with van der Waals surface area (Å²) in [6.45, 7) is 5.86. The minimum Gasteiger partial charge on any atom is -0.474 e. The fraction of sp³-hybridized carbons (Fsp3) is 0.438. The summed E-state index contributed by atoms with van der Waals surface area (Å²) in [4.78, 5) is 13.5. The van der Waals surface area contributed by atoms with Crippen molar-refractivity contribution in [2.45, 2.75) is 0 Å². The lowest BCUT2D eigenvalue weighted by Gasteiger charge is -2.32. The van der Waals surface area contributed by atoms with Gasteiger partial charge in [0.05, 0.1) is 5.52 Å². The van der Waals surface area contributed by atoms with Gasteiger partial charge in [0.15, 0.2) is 4.64 Å². The average Bonchev–Trinajstić information content (AvgIpc) is 2.68. The summed E-state index contributed by atoms with van der Waals surface area (Å²) in [5.41, 5.74) is 0.842. The van der Waals surface area contributed by atoms with Gasteiger partial charge < -0.3 is 9.64 Å². The van der Waals surface area contributed by atoms with Gasteiger partial charge in [0.1, 0.15) is 6.61 Å². The topological polar surface area (TPSA) is 41.5 Å². The molecule has 116 valence electrons. The maximum atomic E-state index is 5.76. The largest absolute Gasteiger partial charge is 0.474 e. The van der Waals surface area contributed by atoms with E-state index >= 15 is 0 Å². The van der Waals surface area contributed by atoms with Crippen molar-refractivity contribution in [1.29, 1.82) is 0 Å². The summed E-state index contributed by atoms with van der Waals surface area (Å²) in [7, 11) is 2.15. The van der Waals surface area contributed by atoms with Crippen LogP contribution in [0.5, 0.6) is 5.88 Å². The van der Waals surface area contributed by atoms with Gasteiger partial charge in [-0.15, -0.1) is 0 Å². The van der Waals surface area contributed by atoms with Gasteiger partial charge in [-0.2, -0.15) is 0 Å². The number of likely N-dealkylation sites (N-methyl/N-ethyl adjacent to an activating group) is 1. The summed E-state index contributed by atoms with van der Waals surface area (Å²) in [5, 5.41) is 0.961. The molecule has 0 amide bonds. The molecule has 0 unspecified atom stereocenters. The van der Waals surface area contributed by atoms with Crippen LogP contribution in [-0.4, -0.2) is 66.1 Å². The van der Waals surface area contributed by atoms with E-state index in [-0.39, 0.29) is 0 Å². The van der Waals surface area contributed by atoms with Crippen molar-refractivity contribution < 1.29 is 4.74 Å². The third-order valence-corrected chi connectivity index (χ3v) is 4.17. The van der Waals surface area contributed by atoms with Crippen molar-refractivity contribution >= 4 is 23.1 Å². The zero-order valence-corrected chi connectivity index (χ0v) is 13.6. The Morgan fingerprint density at radius 1 is 1.18 bits per heavy atom. The highest BCUT2D eigenvalue weighted by Crippen LogP contribution is 2.13. The molecule has 1 fully saturated rings. The van der Waals surface area contributed by atoms with E-state index in [2.05, 4.69) is 26.8 Å². The van der Waals surface area contributed by atoms with E-state index < -0.39 is 0 Å². The van der Waals surface area contributed by atoms with E-state index in [0.717, 1.165) is 43.6 Å². The lowest BCUT2D eigenvalue weighted by atomic mass is 10.2. The van der Waals surface area contributed by atoms with Gasteiger partial charge in [-0.1, -0.05) is 30.4 Å². The Kier molecular flexibility index (Phi) is 4.92. The van der Waals surface area contributed by atoms with Gasteiger partial charge in [-0.05, 0) is 13.1 Å². The summed E-state index contributed by atoms with van der Waals surface area (Å²) in [6.07, 6.45) is 1.77. The van der Waals surface area contributed by atoms with Crippen molar-refractivity contribution in [3.05, 3.63) is 35.1 Å². The Balaban J connectivity index is 1.64. The molecule has 1 saturated heterocycles. The number of ether oxygens (including phenoxy) is 1. The second-order valence-electron chi connectivity index (χ2n) is 5.53. The maximum absolute atomic E-state index is 5.76. The number of fused-ring (bicyclic) bond motifs is 1. The maximum Gasteiger partial charge on any atom is 0.251 e. The van der Waals surface area contributed by atoms with Crippen LogP contribution in [0.2, 0.25) is 0 Å². The molecule has 6 heteroatoms. The first kappa shape index (κ1) is 15.3. The first-order valence-electron chi connectivity index (χ1n) is 7.52. The smallest absolute Gasteiger partial charge is 0.251 e. The number of rotatable bonds is 4. The standard InChI is InChI=1S/C16H20N4OS/c1-19-6-8-20(9-7-19)10-11-21-15-16(22)18-14-5-3-2-4-13(14)12-17-15/h2-5,12H,6-11H2,1H3. The van der Waals surface area contributed by atoms with Crippen LogP contribution in [0.25, 0.3) is 10.9 Å². The quantitative estimate of drug-likeness (QED) is 0.804. The highest BCUT2D eigenvalue weighted by Gasteiger charge is 2.13. The fourth-order valence-corrected chi connectivity index (χ4v) is 2.69. The van der Waals surface area contributed by atoms with Crippen LogP contribution < -0.4 is 4.74 Å². The number of aromatic nitrogens is 2. The molecular weight excluding hydrogens is 296 g/mol. The fourth-order valence-electron chi connectivity index (χ4n) is 2.48. The highest BCUT2D eigenvalue weighted by atomic mass is 32.1. The molecule has 1 aromatic heterocycles. The summed E-state index contributed by atoms with van der Waals surface area (Å²) in [6, 6.07) is 7.81. The Hall–Kier alpha value is -1.63. The Morgan fingerprint density at radius 2 is 1.95 bits per heavy atom. The number of hydrogen-bond acceptors (Lipinski definition) is 6. The Morgan fingerprint density at radius 3 is 2.77 bits per heavy atom. The number of nitrogens with zero attached hydrogens (tertiary/aromatic N) is 4. The average molecular weight is 316 g/mol. The van der Waals surface area contributed by atoms with Crippen molar-refractivity contribution in [2.24, 2.45) is 0 Å². The molecule has 0 atom stereocenters. The molecule has 1 aliphatic rings. The van der Waals surface area contributed by atoms with Crippen molar-refractivity contribution in [2.75, 3.05) is 46.4 Å². The Bertz CT molecular complexity index is 701. The second kappa shape index (κ2) is 7.09. The van der Waals surface area contributed by atoms with Crippen LogP contribution in [0.1, 0.15) is 0 Å². The zero-order valence-electron chi connectivity index (χ0n) is 12.7. The van der Waals surface area contributed by atoms with Crippen LogP contribution in [0.15, 0.2) is 30.5 Å². The lowest BCUT2D eigenvalue weighted by Crippen LogP contribution is -2.45. The van der Waals surface area contributed by atoms with Crippen LogP contribution >= 0.6 is 12.2 Å². The minimum atomic E-state index is 0.416. The molecule has 0 saturated carbocycles. The third-order valence-electron chi connectivity index (χ3n) is 3.90. The molecule has 0 aliphatic carbocycles. The molecule has 22 heavy (non-hydrogen) atoms. The van der Waals surface area contributed by atoms with E-state index in [1.165, 1.54) is 0 Å². The van der Waals surface area contributed by atoms with Gasteiger partial charge in [0.2, 0.25) is 0 Å². The molecule has 0 spiro atoms. The van der Waals surface area contributed by atoms with Crippen LogP contribution in [0.3, 0.4) is 0 Å². The third kappa shape index (κ3) is 3.76. The number of hydrogen-bond donors (Lipinski definition) is 0. The van der Waals surface area contributed by atoms with Gasteiger partial charge in [-0.3, -0.25) is 4.90 Å². The van der Waals surface area contributed by atoms with E-state index in [0.29, 0.717) is 17.1 Å². The van der Waals surface area contributed by atoms with Crippen molar-refractivity contribution in [1.82, 2.24) is 19.8 Å². The molecule has 0 N–H and O–H groups in total. The number of benzene rings is 1. The molecule has 1 aliphatic heterocycles. The van der Waals surface area contributed by atoms with Gasteiger partial charge in [0.25, 0.3) is 5.88 Å². The summed E-state index contributed by atoms with van der Waals surface area (Å²) >= 11 is 5.31. The lowest BCUT2D eigenvalue weighted by molar-refractivity contribution is 0.132. The number of piperazine rings is 1. The van der Waals surface area contributed by atoms with E-state index in [1.54, 1.807) is 6.20 Å². The number of para-hydroxylation sites is 1. The molecule has 0 radical (unpaired) electrons.